The van der Waals surface area contributed by atoms with E-state index in [0.29, 0.717) is 12.4 Å². The molecule has 0 aromatic carbocycles. The lowest BCUT2D eigenvalue weighted by Gasteiger charge is -2.09. The van der Waals surface area contributed by atoms with Crippen LogP contribution in [0.15, 0.2) is 21.3 Å². The summed E-state index contributed by atoms with van der Waals surface area (Å²) in [6.45, 7) is 3.44. The van der Waals surface area contributed by atoms with Crippen LogP contribution in [0.25, 0.3) is 11.3 Å². The van der Waals surface area contributed by atoms with Crippen LogP contribution in [-0.2, 0) is 11.3 Å². The number of halogens is 1. The molecule has 102 valence electrons. The predicted molar refractivity (Wildman–Crippen MR) is 82.5 cm³/mol. The third-order valence-electron chi connectivity index (χ3n) is 2.49. The Kier molecular flexibility index (Phi) is 5.30. The summed E-state index contributed by atoms with van der Waals surface area (Å²) in [5, 5.41) is 7.42. The first-order valence-corrected chi connectivity index (χ1v) is 7.81. The zero-order valence-electron chi connectivity index (χ0n) is 10.9. The number of ether oxygens (including phenoxy) is 1. The maximum atomic E-state index is 5.13. The lowest BCUT2D eigenvalue weighted by atomic mass is 10.2. The summed E-state index contributed by atoms with van der Waals surface area (Å²) < 4.78 is 6.18. The molecule has 19 heavy (non-hydrogen) atoms. The second-order valence-corrected chi connectivity index (χ2v) is 5.65. The molecule has 0 aliphatic rings. The zero-order chi connectivity index (χ0) is 13.7. The van der Waals surface area contributed by atoms with Gasteiger partial charge in [-0.05, 0) is 22.4 Å². The smallest absolute Gasteiger partial charge is 0.157 e. The Labute approximate surface area is 125 Å². The van der Waals surface area contributed by atoms with E-state index in [4.69, 9.17) is 4.74 Å². The van der Waals surface area contributed by atoms with Gasteiger partial charge in [0, 0.05) is 40.5 Å². The van der Waals surface area contributed by atoms with Crippen molar-refractivity contribution in [2.24, 2.45) is 0 Å². The molecule has 2 rings (SSSR count). The Morgan fingerprint density at radius 2 is 2.21 bits per heavy atom. The second-order valence-electron chi connectivity index (χ2n) is 4.05. The summed E-state index contributed by atoms with van der Waals surface area (Å²) in [6, 6.07) is 1.97. The molecule has 2 aromatic rings. The van der Waals surface area contributed by atoms with E-state index in [-0.39, 0.29) is 0 Å². The molecule has 0 atom stereocenters. The van der Waals surface area contributed by atoms with Crippen molar-refractivity contribution in [2.45, 2.75) is 20.0 Å². The van der Waals surface area contributed by atoms with E-state index in [1.807, 2.05) is 11.4 Å². The molecule has 0 bridgehead atoms. The number of thiophene rings is 1. The third kappa shape index (κ3) is 3.75. The third-order valence-corrected chi connectivity index (χ3v) is 4.20. The first-order chi connectivity index (χ1) is 9.24. The summed E-state index contributed by atoms with van der Waals surface area (Å²) >= 11 is 5.19. The molecule has 0 saturated carbocycles. The lowest BCUT2D eigenvalue weighted by Crippen LogP contribution is -2.06. The summed E-state index contributed by atoms with van der Waals surface area (Å²) in [4.78, 5) is 8.98. The fourth-order valence-corrected chi connectivity index (χ4v) is 3.13. The van der Waals surface area contributed by atoms with E-state index >= 15 is 0 Å². The topological polar surface area (TPSA) is 47.0 Å². The number of anilines is 1. The van der Waals surface area contributed by atoms with Gasteiger partial charge in [-0.3, -0.25) is 0 Å². The number of rotatable bonds is 6. The molecule has 4 nitrogen and oxygen atoms in total. The summed E-state index contributed by atoms with van der Waals surface area (Å²) in [6.07, 6.45) is 1.06. The van der Waals surface area contributed by atoms with Crippen LogP contribution in [0.5, 0.6) is 0 Å². The monoisotopic (exact) mass is 341 g/mol. The van der Waals surface area contributed by atoms with Gasteiger partial charge in [0.25, 0.3) is 0 Å². The van der Waals surface area contributed by atoms with Crippen molar-refractivity contribution in [3.63, 3.8) is 0 Å². The minimum atomic E-state index is 0.413. The van der Waals surface area contributed by atoms with Gasteiger partial charge in [0.05, 0.1) is 5.69 Å². The highest BCUT2D eigenvalue weighted by atomic mass is 79.9. The number of methoxy groups -OCH3 is 1. The lowest BCUT2D eigenvalue weighted by molar-refractivity contribution is 0.178. The Bertz CT molecular complexity index is 544. The Morgan fingerprint density at radius 1 is 1.37 bits per heavy atom. The van der Waals surface area contributed by atoms with E-state index in [0.717, 1.165) is 34.5 Å². The average Bonchev–Trinajstić information content (AvgIpc) is 2.83. The molecular weight excluding hydrogens is 326 g/mol. The van der Waals surface area contributed by atoms with Crippen molar-refractivity contribution in [3.05, 3.63) is 27.1 Å². The van der Waals surface area contributed by atoms with E-state index in [2.05, 4.69) is 43.5 Å². The number of hydrogen-bond acceptors (Lipinski definition) is 5. The zero-order valence-corrected chi connectivity index (χ0v) is 13.3. The van der Waals surface area contributed by atoms with Gasteiger partial charge in [-0.25, -0.2) is 9.97 Å². The molecule has 0 fully saturated rings. The van der Waals surface area contributed by atoms with Gasteiger partial charge in [-0.1, -0.05) is 6.92 Å². The van der Waals surface area contributed by atoms with Crippen LogP contribution >= 0.6 is 27.3 Å². The second kappa shape index (κ2) is 6.98. The van der Waals surface area contributed by atoms with Crippen molar-refractivity contribution in [3.8, 4) is 11.3 Å². The van der Waals surface area contributed by atoms with Crippen LogP contribution in [0.1, 0.15) is 19.2 Å². The van der Waals surface area contributed by atoms with Gasteiger partial charge in [-0.2, -0.15) is 11.3 Å². The van der Waals surface area contributed by atoms with Gasteiger partial charge in [0.15, 0.2) is 5.82 Å². The fraction of sp³-hybridized carbons (Fsp3) is 0.385. The highest BCUT2D eigenvalue weighted by Gasteiger charge is 2.10. The van der Waals surface area contributed by atoms with E-state index in [9.17, 15) is 0 Å². The normalized spacial score (nSPS) is 10.7. The number of nitrogens with zero attached hydrogens (tertiary/aromatic N) is 2. The van der Waals surface area contributed by atoms with Crippen molar-refractivity contribution in [2.75, 3.05) is 19.0 Å². The van der Waals surface area contributed by atoms with Crippen molar-refractivity contribution >= 4 is 33.1 Å². The van der Waals surface area contributed by atoms with Crippen LogP contribution in [0.2, 0.25) is 0 Å². The molecular formula is C13H16BrN3OS. The molecule has 0 unspecified atom stereocenters. The first kappa shape index (κ1) is 14.4. The molecule has 0 spiro atoms. The van der Waals surface area contributed by atoms with Crippen molar-refractivity contribution in [1.29, 1.82) is 0 Å². The molecule has 2 heterocycles. The fourth-order valence-electron chi connectivity index (χ4n) is 1.64. The van der Waals surface area contributed by atoms with Crippen molar-refractivity contribution < 1.29 is 4.74 Å². The van der Waals surface area contributed by atoms with Crippen LogP contribution in [0.4, 0.5) is 5.82 Å². The number of aromatic nitrogens is 2. The Balaban J connectivity index is 2.36. The largest absolute Gasteiger partial charge is 0.377 e. The average molecular weight is 342 g/mol. The molecule has 0 saturated heterocycles. The van der Waals surface area contributed by atoms with Crippen LogP contribution in [0, 0.1) is 0 Å². The molecule has 1 N–H and O–H groups in total. The summed E-state index contributed by atoms with van der Waals surface area (Å²) in [5.74, 6) is 1.54. The molecule has 0 aliphatic carbocycles. The minimum absolute atomic E-state index is 0.413. The van der Waals surface area contributed by atoms with E-state index in [1.165, 1.54) is 0 Å². The standard InChI is InChI=1S/C13H16BrN3OS/c1-3-4-15-12-5-11(9-7-19-8-10(9)14)16-13(17-12)6-18-2/h5,7-8H,3-4,6H2,1-2H3,(H,15,16,17). The van der Waals surface area contributed by atoms with E-state index in [1.54, 1.807) is 18.4 Å². The van der Waals surface area contributed by atoms with Crippen molar-refractivity contribution in [1.82, 2.24) is 9.97 Å². The maximum absolute atomic E-state index is 5.13. The van der Waals surface area contributed by atoms with Gasteiger partial charge in [0.2, 0.25) is 0 Å². The predicted octanol–water partition coefficient (Wildman–Crippen LogP) is 3.94. The molecule has 0 aliphatic heterocycles. The van der Waals surface area contributed by atoms with Gasteiger partial charge in [-0.15, -0.1) is 0 Å². The molecule has 6 heteroatoms. The van der Waals surface area contributed by atoms with E-state index < -0.39 is 0 Å². The first-order valence-electron chi connectivity index (χ1n) is 6.07. The maximum Gasteiger partial charge on any atom is 0.157 e. The van der Waals surface area contributed by atoms with Gasteiger partial charge < -0.3 is 10.1 Å². The van der Waals surface area contributed by atoms with Crippen LogP contribution < -0.4 is 5.32 Å². The molecule has 0 radical (unpaired) electrons. The quantitative estimate of drug-likeness (QED) is 0.864. The minimum Gasteiger partial charge on any atom is -0.377 e. The van der Waals surface area contributed by atoms with Gasteiger partial charge >= 0.3 is 0 Å². The molecule has 0 amide bonds. The Morgan fingerprint density at radius 3 is 2.84 bits per heavy atom. The highest BCUT2D eigenvalue weighted by molar-refractivity contribution is 9.10. The number of nitrogens with one attached hydrogen (secondary N) is 1. The van der Waals surface area contributed by atoms with Crippen LogP contribution in [0.3, 0.4) is 0 Å². The van der Waals surface area contributed by atoms with Crippen LogP contribution in [-0.4, -0.2) is 23.6 Å². The number of hydrogen-bond donors (Lipinski definition) is 1. The molecule has 2 aromatic heterocycles. The highest BCUT2D eigenvalue weighted by Crippen LogP contribution is 2.31. The SMILES string of the molecule is CCCNc1cc(-c2cscc2Br)nc(COC)n1. The summed E-state index contributed by atoms with van der Waals surface area (Å²) in [7, 11) is 1.65. The summed E-state index contributed by atoms with van der Waals surface area (Å²) in [5.41, 5.74) is 2.00. The van der Waals surface area contributed by atoms with Gasteiger partial charge in [0.1, 0.15) is 12.4 Å². The Hall–Kier alpha value is -0.980.